The molecule has 19 heavy (non-hydrogen) atoms. The van der Waals surface area contributed by atoms with Gasteiger partial charge in [0.15, 0.2) is 0 Å². The maximum absolute atomic E-state index is 4.46. The van der Waals surface area contributed by atoms with Gasteiger partial charge < -0.3 is 5.32 Å². The molecular weight excluding hydrogens is 236 g/mol. The van der Waals surface area contributed by atoms with Crippen molar-refractivity contribution in [2.75, 3.05) is 13.1 Å². The summed E-state index contributed by atoms with van der Waals surface area (Å²) < 4.78 is 1.95. The first-order chi connectivity index (χ1) is 9.23. The molecule has 2 aliphatic carbocycles. The number of nitrogens with zero attached hydrogens (tertiary/aromatic N) is 3. The van der Waals surface area contributed by atoms with E-state index in [1.54, 1.807) is 6.33 Å². The van der Waals surface area contributed by atoms with E-state index in [0.29, 0.717) is 5.41 Å². The Kier molecular flexibility index (Phi) is 3.61. The van der Waals surface area contributed by atoms with Crippen molar-refractivity contribution >= 4 is 0 Å². The van der Waals surface area contributed by atoms with Crippen molar-refractivity contribution in [2.45, 2.75) is 45.4 Å². The van der Waals surface area contributed by atoms with E-state index in [2.05, 4.69) is 22.3 Å². The van der Waals surface area contributed by atoms with Crippen molar-refractivity contribution in [1.82, 2.24) is 20.1 Å². The predicted molar refractivity (Wildman–Crippen MR) is 75.7 cm³/mol. The van der Waals surface area contributed by atoms with E-state index >= 15 is 0 Å². The van der Waals surface area contributed by atoms with Gasteiger partial charge in [0, 0.05) is 20.0 Å². The summed E-state index contributed by atoms with van der Waals surface area (Å²) >= 11 is 0. The number of hydrogen-bond acceptors (Lipinski definition) is 3. The van der Waals surface area contributed by atoms with Crippen LogP contribution >= 0.6 is 0 Å². The van der Waals surface area contributed by atoms with Gasteiger partial charge in [0.05, 0.1) is 0 Å². The highest BCUT2D eigenvalue weighted by Gasteiger charge is 2.50. The first-order valence-electron chi connectivity index (χ1n) is 7.77. The van der Waals surface area contributed by atoms with Crippen LogP contribution in [-0.4, -0.2) is 27.9 Å². The van der Waals surface area contributed by atoms with Crippen LogP contribution in [0.15, 0.2) is 6.33 Å². The van der Waals surface area contributed by atoms with Crippen LogP contribution in [0.2, 0.25) is 0 Å². The lowest BCUT2D eigenvalue weighted by Gasteiger charge is -2.38. The molecule has 1 aromatic rings. The van der Waals surface area contributed by atoms with Crippen LogP contribution < -0.4 is 5.32 Å². The molecule has 0 saturated heterocycles. The fraction of sp³-hybridized carbons (Fsp3) is 0.867. The molecule has 1 heterocycles. The minimum atomic E-state index is 0.443. The molecule has 2 saturated carbocycles. The van der Waals surface area contributed by atoms with Crippen molar-refractivity contribution in [3.63, 3.8) is 0 Å². The number of aromatic nitrogens is 3. The van der Waals surface area contributed by atoms with E-state index in [1.807, 2.05) is 11.7 Å². The largest absolute Gasteiger partial charge is 0.316 e. The molecule has 1 aromatic heterocycles. The molecule has 4 heteroatoms. The van der Waals surface area contributed by atoms with Crippen LogP contribution in [0.4, 0.5) is 0 Å². The molecule has 3 atom stereocenters. The van der Waals surface area contributed by atoms with Gasteiger partial charge in [-0.2, -0.15) is 5.10 Å². The van der Waals surface area contributed by atoms with Crippen molar-refractivity contribution in [3.8, 4) is 0 Å². The first kappa shape index (κ1) is 13.1. The van der Waals surface area contributed by atoms with E-state index in [1.165, 1.54) is 32.1 Å². The molecular formula is C15H26N4. The standard InChI is InChI=1S/C15H26N4/c1-3-6-16-10-15(8-12-4-5-13(15)7-12)9-14-17-11-18-19(14)2/h11-13,16H,3-10H2,1-2H3. The smallest absolute Gasteiger partial charge is 0.138 e. The lowest BCUT2D eigenvalue weighted by Crippen LogP contribution is -2.41. The zero-order valence-electron chi connectivity index (χ0n) is 12.2. The average Bonchev–Trinajstić information content (AvgIpc) is 3.07. The summed E-state index contributed by atoms with van der Waals surface area (Å²) in [5.74, 6) is 3.03. The van der Waals surface area contributed by atoms with E-state index < -0.39 is 0 Å². The van der Waals surface area contributed by atoms with Gasteiger partial charge in [-0.05, 0) is 49.5 Å². The van der Waals surface area contributed by atoms with E-state index in [4.69, 9.17) is 0 Å². The minimum absolute atomic E-state index is 0.443. The molecule has 0 aromatic carbocycles. The van der Waals surface area contributed by atoms with Gasteiger partial charge >= 0.3 is 0 Å². The predicted octanol–water partition coefficient (Wildman–Crippen LogP) is 2.16. The monoisotopic (exact) mass is 262 g/mol. The Morgan fingerprint density at radius 3 is 2.95 bits per heavy atom. The molecule has 3 rings (SSSR count). The van der Waals surface area contributed by atoms with Crippen molar-refractivity contribution in [1.29, 1.82) is 0 Å². The molecule has 0 aliphatic heterocycles. The Labute approximate surface area is 116 Å². The molecule has 106 valence electrons. The third kappa shape index (κ3) is 2.42. The van der Waals surface area contributed by atoms with Crippen LogP contribution in [0.1, 0.15) is 44.9 Å². The fourth-order valence-corrected chi connectivity index (χ4v) is 4.36. The molecule has 2 bridgehead atoms. The fourth-order valence-electron chi connectivity index (χ4n) is 4.36. The zero-order valence-corrected chi connectivity index (χ0v) is 12.2. The zero-order chi connectivity index (χ0) is 13.3. The average molecular weight is 262 g/mol. The van der Waals surface area contributed by atoms with Gasteiger partial charge in [-0.15, -0.1) is 0 Å². The number of hydrogen-bond donors (Lipinski definition) is 1. The highest BCUT2D eigenvalue weighted by atomic mass is 15.3. The summed E-state index contributed by atoms with van der Waals surface area (Å²) in [7, 11) is 2.02. The van der Waals surface area contributed by atoms with Gasteiger partial charge in [-0.25, -0.2) is 4.98 Å². The lowest BCUT2D eigenvalue weighted by molar-refractivity contribution is 0.152. The second-order valence-electron chi connectivity index (χ2n) is 6.60. The maximum atomic E-state index is 4.46. The maximum Gasteiger partial charge on any atom is 0.138 e. The highest BCUT2D eigenvalue weighted by molar-refractivity contribution is 5.06. The lowest BCUT2D eigenvalue weighted by atomic mass is 9.70. The Bertz CT molecular complexity index is 428. The summed E-state index contributed by atoms with van der Waals surface area (Å²) in [5.41, 5.74) is 0.443. The van der Waals surface area contributed by atoms with Crippen LogP contribution in [0.5, 0.6) is 0 Å². The molecule has 4 nitrogen and oxygen atoms in total. The number of rotatable bonds is 6. The van der Waals surface area contributed by atoms with Gasteiger partial charge in [0.25, 0.3) is 0 Å². The van der Waals surface area contributed by atoms with Crippen LogP contribution in [-0.2, 0) is 13.5 Å². The van der Waals surface area contributed by atoms with Gasteiger partial charge in [-0.3, -0.25) is 4.68 Å². The third-order valence-corrected chi connectivity index (χ3v) is 5.32. The minimum Gasteiger partial charge on any atom is -0.316 e. The molecule has 0 radical (unpaired) electrons. The number of nitrogens with one attached hydrogen (secondary N) is 1. The molecule has 2 fully saturated rings. The van der Waals surface area contributed by atoms with Crippen LogP contribution in [0.25, 0.3) is 0 Å². The number of aryl methyl sites for hydroxylation is 1. The van der Waals surface area contributed by atoms with Gasteiger partial charge in [0.2, 0.25) is 0 Å². The molecule has 0 amide bonds. The Hall–Kier alpha value is -0.900. The van der Waals surface area contributed by atoms with E-state index in [9.17, 15) is 0 Å². The Morgan fingerprint density at radius 1 is 1.47 bits per heavy atom. The van der Waals surface area contributed by atoms with E-state index in [-0.39, 0.29) is 0 Å². The Balaban J connectivity index is 1.75. The van der Waals surface area contributed by atoms with E-state index in [0.717, 1.165) is 37.2 Å². The molecule has 1 N–H and O–H groups in total. The highest BCUT2D eigenvalue weighted by Crippen LogP contribution is 2.56. The summed E-state index contributed by atoms with van der Waals surface area (Å²) in [6.07, 6.45) is 9.73. The topological polar surface area (TPSA) is 42.7 Å². The summed E-state index contributed by atoms with van der Waals surface area (Å²) in [6.45, 7) is 4.54. The molecule has 0 spiro atoms. The first-order valence-corrected chi connectivity index (χ1v) is 7.77. The summed E-state index contributed by atoms with van der Waals surface area (Å²) in [4.78, 5) is 4.46. The quantitative estimate of drug-likeness (QED) is 0.799. The second-order valence-corrected chi connectivity index (χ2v) is 6.60. The van der Waals surface area contributed by atoms with Crippen molar-refractivity contribution < 1.29 is 0 Å². The van der Waals surface area contributed by atoms with Gasteiger partial charge in [-0.1, -0.05) is 13.3 Å². The molecule has 2 aliphatic rings. The summed E-state index contributed by atoms with van der Waals surface area (Å²) in [6, 6.07) is 0. The van der Waals surface area contributed by atoms with Crippen molar-refractivity contribution in [2.24, 2.45) is 24.3 Å². The number of fused-ring (bicyclic) bond motifs is 2. The van der Waals surface area contributed by atoms with Crippen LogP contribution in [0.3, 0.4) is 0 Å². The SMILES string of the molecule is CCCNCC1(Cc2ncnn2C)CC2CCC1C2. The third-order valence-electron chi connectivity index (χ3n) is 5.32. The van der Waals surface area contributed by atoms with Crippen LogP contribution in [0, 0.1) is 17.3 Å². The van der Waals surface area contributed by atoms with Gasteiger partial charge in [0.1, 0.15) is 12.2 Å². The second kappa shape index (κ2) is 5.23. The van der Waals surface area contributed by atoms with Crippen molar-refractivity contribution in [3.05, 3.63) is 12.2 Å². The Morgan fingerprint density at radius 2 is 2.37 bits per heavy atom. The summed E-state index contributed by atoms with van der Waals surface area (Å²) in [5, 5.41) is 7.91. The normalized spacial score (nSPS) is 33.2. The molecule has 3 unspecified atom stereocenters.